The molecular weight excluding hydrogens is 112 g/mol. The van der Waals surface area contributed by atoms with Gasteiger partial charge in [0.15, 0.2) is 0 Å². The number of hydrazine groups is 1. The second-order valence-corrected chi connectivity index (χ2v) is 2.12. The van der Waals surface area contributed by atoms with E-state index in [1.54, 1.807) is 0 Å². The third-order valence-corrected chi connectivity index (χ3v) is 1.47. The molecule has 1 aliphatic heterocycles. The summed E-state index contributed by atoms with van der Waals surface area (Å²) < 4.78 is 0. The van der Waals surface area contributed by atoms with E-state index in [0.29, 0.717) is 0 Å². The Balaban J connectivity index is 2.72. The summed E-state index contributed by atoms with van der Waals surface area (Å²) in [6.07, 6.45) is 5.02. The van der Waals surface area contributed by atoms with E-state index >= 15 is 0 Å². The topological polar surface area (TPSA) is 24.1 Å². The maximum atomic E-state index is 3.06. The first-order valence-electron chi connectivity index (χ1n) is 3.22. The largest absolute Gasteiger partial charge is 0.308 e. The number of rotatable bonds is 1. The van der Waals surface area contributed by atoms with Gasteiger partial charge in [0.2, 0.25) is 0 Å². The fourth-order valence-electron chi connectivity index (χ4n) is 0.862. The molecular formula is C7H12N2. The van der Waals surface area contributed by atoms with Crippen molar-refractivity contribution in [1.82, 2.24) is 10.9 Å². The Kier molecular flexibility index (Phi) is 1.78. The Labute approximate surface area is 55.6 Å². The predicted molar refractivity (Wildman–Crippen MR) is 38.4 cm³/mol. The van der Waals surface area contributed by atoms with Gasteiger partial charge in [-0.05, 0) is 25.0 Å². The van der Waals surface area contributed by atoms with Crippen LogP contribution in [0.1, 0.15) is 20.3 Å². The van der Waals surface area contributed by atoms with E-state index in [2.05, 4.69) is 30.8 Å². The molecule has 0 atom stereocenters. The summed E-state index contributed by atoms with van der Waals surface area (Å²) in [6, 6.07) is 0. The normalized spacial score (nSPS) is 17.1. The highest BCUT2D eigenvalue weighted by Gasteiger charge is 1.98. The van der Waals surface area contributed by atoms with Crippen LogP contribution in [0.5, 0.6) is 0 Å². The summed E-state index contributed by atoms with van der Waals surface area (Å²) in [7, 11) is 0. The first kappa shape index (κ1) is 6.20. The van der Waals surface area contributed by atoms with Crippen LogP contribution in [-0.2, 0) is 0 Å². The zero-order valence-electron chi connectivity index (χ0n) is 5.86. The highest BCUT2D eigenvalue weighted by Crippen LogP contribution is 2.07. The van der Waals surface area contributed by atoms with Gasteiger partial charge in [-0.1, -0.05) is 6.92 Å². The van der Waals surface area contributed by atoms with Crippen molar-refractivity contribution in [3.63, 3.8) is 0 Å². The van der Waals surface area contributed by atoms with Crippen LogP contribution in [0.3, 0.4) is 0 Å². The van der Waals surface area contributed by atoms with Gasteiger partial charge >= 0.3 is 0 Å². The zero-order valence-corrected chi connectivity index (χ0v) is 5.86. The molecule has 0 aromatic carbocycles. The maximum absolute atomic E-state index is 3.06. The summed E-state index contributed by atoms with van der Waals surface area (Å²) in [5, 5.41) is 0. The first-order valence-corrected chi connectivity index (χ1v) is 3.22. The summed E-state index contributed by atoms with van der Waals surface area (Å²) in [6.45, 7) is 4.23. The van der Waals surface area contributed by atoms with Gasteiger partial charge in [0, 0.05) is 11.9 Å². The monoisotopic (exact) mass is 124 g/mol. The van der Waals surface area contributed by atoms with E-state index in [4.69, 9.17) is 0 Å². The summed E-state index contributed by atoms with van der Waals surface area (Å²) >= 11 is 0. The third-order valence-electron chi connectivity index (χ3n) is 1.47. The molecule has 0 aromatic heterocycles. The first-order chi connectivity index (χ1) is 4.34. The third kappa shape index (κ3) is 1.25. The van der Waals surface area contributed by atoms with Crippen LogP contribution < -0.4 is 10.9 Å². The van der Waals surface area contributed by atoms with Gasteiger partial charge in [-0.15, -0.1) is 0 Å². The molecule has 2 heteroatoms. The average molecular weight is 124 g/mol. The SMILES string of the molecule is CCC1=C(C)C=CNN1. The van der Waals surface area contributed by atoms with E-state index in [1.165, 1.54) is 11.3 Å². The van der Waals surface area contributed by atoms with Crippen molar-refractivity contribution in [2.24, 2.45) is 0 Å². The molecule has 0 unspecified atom stereocenters. The smallest absolute Gasteiger partial charge is 0.0340 e. The fourth-order valence-corrected chi connectivity index (χ4v) is 0.862. The molecule has 0 saturated carbocycles. The summed E-state index contributed by atoms with van der Waals surface area (Å²) in [5.74, 6) is 0. The molecule has 0 aliphatic carbocycles. The van der Waals surface area contributed by atoms with Crippen LogP contribution in [0.4, 0.5) is 0 Å². The average Bonchev–Trinajstić information content (AvgIpc) is 1.89. The van der Waals surface area contributed by atoms with E-state index in [9.17, 15) is 0 Å². The lowest BCUT2D eigenvalue weighted by Crippen LogP contribution is -2.28. The van der Waals surface area contributed by atoms with Crippen LogP contribution in [-0.4, -0.2) is 0 Å². The Morgan fingerprint density at radius 3 is 2.78 bits per heavy atom. The Hall–Kier alpha value is -0.920. The van der Waals surface area contributed by atoms with Crippen LogP contribution in [0.25, 0.3) is 0 Å². The highest BCUT2D eigenvalue weighted by molar-refractivity contribution is 5.24. The van der Waals surface area contributed by atoms with Gasteiger partial charge in [-0.2, -0.15) is 0 Å². The molecule has 9 heavy (non-hydrogen) atoms. The molecule has 1 rings (SSSR count). The molecule has 2 N–H and O–H groups in total. The van der Waals surface area contributed by atoms with E-state index in [1.807, 2.05) is 6.20 Å². The number of nitrogens with one attached hydrogen (secondary N) is 2. The van der Waals surface area contributed by atoms with Gasteiger partial charge in [-0.3, -0.25) is 0 Å². The minimum absolute atomic E-state index is 1.06. The van der Waals surface area contributed by atoms with Crippen molar-refractivity contribution in [2.45, 2.75) is 20.3 Å². The lowest BCUT2D eigenvalue weighted by Gasteiger charge is -2.14. The summed E-state index contributed by atoms with van der Waals surface area (Å²) in [5.41, 5.74) is 8.58. The predicted octanol–water partition coefficient (Wildman–Crippen LogP) is 1.29. The Morgan fingerprint density at radius 2 is 2.33 bits per heavy atom. The standard InChI is InChI=1S/C7H12N2/c1-3-7-6(2)4-5-8-9-7/h4-5,8-9H,3H2,1-2H3. The molecule has 0 saturated heterocycles. The summed E-state index contributed by atoms with van der Waals surface area (Å²) in [4.78, 5) is 0. The van der Waals surface area contributed by atoms with Crippen molar-refractivity contribution in [3.8, 4) is 0 Å². The quantitative estimate of drug-likeness (QED) is 0.550. The Morgan fingerprint density at radius 1 is 1.56 bits per heavy atom. The second kappa shape index (κ2) is 2.58. The van der Waals surface area contributed by atoms with E-state index in [0.717, 1.165) is 6.42 Å². The zero-order chi connectivity index (χ0) is 6.69. The molecule has 0 spiro atoms. The van der Waals surface area contributed by atoms with E-state index in [-0.39, 0.29) is 0 Å². The molecule has 50 valence electrons. The van der Waals surface area contributed by atoms with Crippen molar-refractivity contribution in [2.75, 3.05) is 0 Å². The number of allylic oxidation sites excluding steroid dienone is 3. The second-order valence-electron chi connectivity index (χ2n) is 2.12. The Bertz CT molecular complexity index is 156. The molecule has 1 heterocycles. The minimum Gasteiger partial charge on any atom is -0.308 e. The van der Waals surface area contributed by atoms with Crippen molar-refractivity contribution in [3.05, 3.63) is 23.5 Å². The van der Waals surface area contributed by atoms with Gasteiger partial charge in [0.05, 0.1) is 0 Å². The van der Waals surface area contributed by atoms with Crippen molar-refractivity contribution < 1.29 is 0 Å². The van der Waals surface area contributed by atoms with Crippen LogP contribution in [0.15, 0.2) is 23.5 Å². The van der Waals surface area contributed by atoms with Crippen LogP contribution in [0, 0.1) is 0 Å². The molecule has 2 nitrogen and oxygen atoms in total. The van der Waals surface area contributed by atoms with Gasteiger partial charge < -0.3 is 10.9 Å². The molecule has 0 fully saturated rings. The van der Waals surface area contributed by atoms with E-state index < -0.39 is 0 Å². The van der Waals surface area contributed by atoms with Crippen molar-refractivity contribution >= 4 is 0 Å². The highest BCUT2D eigenvalue weighted by atomic mass is 15.3. The molecule has 0 aromatic rings. The lowest BCUT2D eigenvalue weighted by molar-refractivity contribution is 0.680. The van der Waals surface area contributed by atoms with Gasteiger partial charge in [0.1, 0.15) is 0 Å². The minimum atomic E-state index is 1.06. The number of hydrogen-bond acceptors (Lipinski definition) is 2. The van der Waals surface area contributed by atoms with Gasteiger partial charge in [0.25, 0.3) is 0 Å². The molecule has 0 radical (unpaired) electrons. The molecule has 0 bridgehead atoms. The van der Waals surface area contributed by atoms with Gasteiger partial charge in [-0.25, -0.2) is 0 Å². The fraction of sp³-hybridized carbons (Fsp3) is 0.429. The van der Waals surface area contributed by atoms with Crippen LogP contribution >= 0.6 is 0 Å². The van der Waals surface area contributed by atoms with Crippen molar-refractivity contribution in [1.29, 1.82) is 0 Å². The van der Waals surface area contributed by atoms with Crippen LogP contribution in [0.2, 0.25) is 0 Å². The molecule has 1 aliphatic rings. The number of hydrogen-bond donors (Lipinski definition) is 2. The molecule has 0 amide bonds. The maximum Gasteiger partial charge on any atom is 0.0340 e. The lowest BCUT2D eigenvalue weighted by atomic mass is 10.2.